The Hall–Kier alpha value is -1.47. The molecule has 2 rings (SSSR count). The summed E-state index contributed by atoms with van der Waals surface area (Å²) in [6.07, 6.45) is 2.73. The highest BCUT2D eigenvalue weighted by Crippen LogP contribution is 2.25. The van der Waals surface area contributed by atoms with Crippen LogP contribution in [0.1, 0.15) is 10.4 Å². The van der Waals surface area contributed by atoms with Crippen LogP contribution in [0.5, 0.6) is 5.75 Å². The van der Waals surface area contributed by atoms with Gasteiger partial charge >= 0.3 is 0 Å². The van der Waals surface area contributed by atoms with Gasteiger partial charge in [-0.05, 0) is 50.1 Å². The van der Waals surface area contributed by atoms with Crippen molar-refractivity contribution in [1.29, 1.82) is 0 Å². The fourth-order valence-electron chi connectivity index (χ4n) is 1.62. The van der Waals surface area contributed by atoms with Gasteiger partial charge in [0.1, 0.15) is 10.2 Å². The third-order valence-corrected chi connectivity index (χ3v) is 3.81. The van der Waals surface area contributed by atoms with E-state index in [0.717, 1.165) is 0 Å². The summed E-state index contributed by atoms with van der Waals surface area (Å²) in [6, 6.07) is 5.01. The summed E-state index contributed by atoms with van der Waals surface area (Å²) in [7, 11) is 1.55. The number of carbonyl (C=O) groups is 1. The van der Waals surface area contributed by atoms with Crippen LogP contribution in [0.4, 0.5) is 0 Å². The molecule has 0 saturated carbocycles. The van der Waals surface area contributed by atoms with Gasteiger partial charge in [-0.15, -0.1) is 0 Å². The minimum Gasteiger partial charge on any atom is -0.496 e. The molecule has 0 fully saturated rings. The molecule has 0 amide bonds. The maximum absolute atomic E-state index is 12.2. The molecule has 104 valence electrons. The Labute approximate surface area is 131 Å². The number of carbonyl (C=O) groups excluding carboxylic acids is 1. The first-order chi connectivity index (χ1) is 9.52. The zero-order valence-electron chi connectivity index (χ0n) is 10.5. The largest absolute Gasteiger partial charge is 0.496 e. The number of methoxy groups -OCH3 is 1. The Bertz CT molecular complexity index is 713. The fourth-order valence-corrected chi connectivity index (χ4v) is 2.51. The molecule has 0 aliphatic rings. The first kappa shape index (κ1) is 14.9. The zero-order chi connectivity index (χ0) is 14.7. The van der Waals surface area contributed by atoms with Crippen molar-refractivity contribution in [3.8, 4) is 5.75 Å². The second kappa shape index (κ2) is 6.32. The second-order valence-corrected chi connectivity index (χ2v) is 5.66. The van der Waals surface area contributed by atoms with Crippen molar-refractivity contribution < 1.29 is 9.53 Å². The summed E-state index contributed by atoms with van der Waals surface area (Å²) in [6.45, 7) is -0.0654. The number of ether oxygens (including phenoxy) is 1. The molecule has 0 aliphatic carbocycles. The van der Waals surface area contributed by atoms with E-state index >= 15 is 0 Å². The smallest absolute Gasteiger partial charge is 0.268 e. The number of hydrogen-bond donors (Lipinski definition) is 0. The van der Waals surface area contributed by atoms with E-state index in [2.05, 4.69) is 36.8 Å². The van der Waals surface area contributed by atoms with Gasteiger partial charge in [-0.3, -0.25) is 14.2 Å². The quantitative estimate of drug-likeness (QED) is 0.739. The molecule has 0 aliphatic heterocycles. The maximum Gasteiger partial charge on any atom is 0.268 e. The summed E-state index contributed by atoms with van der Waals surface area (Å²) in [5.74, 6) is 0.457. The van der Waals surface area contributed by atoms with E-state index in [1.54, 1.807) is 25.3 Å². The Morgan fingerprint density at radius 3 is 2.75 bits per heavy atom. The SMILES string of the molecule is COc1ccc(C(=O)Cn2cncc(Br)c2=O)cc1Br. The number of hydrogen-bond acceptors (Lipinski definition) is 4. The molecule has 0 atom stereocenters. The van der Waals surface area contributed by atoms with E-state index in [0.29, 0.717) is 20.3 Å². The van der Waals surface area contributed by atoms with Crippen molar-refractivity contribution in [3.05, 3.63) is 55.6 Å². The highest BCUT2D eigenvalue weighted by Gasteiger charge is 2.11. The molecule has 0 saturated heterocycles. The predicted molar refractivity (Wildman–Crippen MR) is 81.2 cm³/mol. The summed E-state index contributed by atoms with van der Waals surface area (Å²) in [5.41, 5.74) is 0.200. The van der Waals surface area contributed by atoms with Gasteiger partial charge in [0.05, 0.1) is 24.5 Å². The van der Waals surface area contributed by atoms with E-state index < -0.39 is 0 Å². The van der Waals surface area contributed by atoms with Crippen LogP contribution in [0.2, 0.25) is 0 Å². The van der Waals surface area contributed by atoms with Crippen LogP contribution in [0.3, 0.4) is 0 Å². The summed E-state index contributed by atoms with van der Waals surface area (Å²) < 4.78 is 7.37. The number of aromatic nitrogens is 2. The number of benzene rings is 1. The standard InChI is InChI=1S/C13H10Br2N2O3/c1-20-12-3-2-8(4-9(12)14)11(18)6-17-7-16-5-10(15)13(17)19/h2-5,7H,6H2,1H3. The summed E-state index contributed by atoms with van der Waals surface area (Å²) in [4.78, 5) is 27.8. The van der Waals surface area contributed by atoms with Gasteiger partial charge in [-0.2, -0.15) is 0 Å². The van der Waals surface area contributed by atoms with E-state index in [-0.39, 0.29) is 17.9 Å². The Balaban J connectivity index is 2.26. The molecule has 0 bridgehead atoms. The van der Waals surface area contributed by atoms with Gasteiger partial charge in [0, 0.05) is 11.8 Å². The Morgan fingerprint density at radius 2 is 2.10 bits per heavy atom. The van der Waals surface area contributed by atoms with Crippen LogP contribution < -0.4 is 10.3 Å². The van der Waals surface area contributed by atoms with Gasteiger partial charge in [0.2, 0.25) is 0 Å². The lowest BCUT2D eigenvalue weighted by atomic mass is 10.1. The second-order valence-electron chi connectivity index (χ2n) is 3.95. The molecule has 7 heteroatoms. The lowest BCUT2D eigenvalue weighted by Gasteiger charge is -2.07. The zero-order valence-corrected chi connectivity index (χ0v) is 13.6. The minimum absolute atomic E-state index is 0.0654. The first-order valence-electron chi connectivity index (χ1n) is 5.59. The Morgan fingerprint density at radius 1 is 1.35 bits per heavy atom. The normalized spacial score (nSPS) is 10.3. The van der Waals surface area contributed by atoms with Gasteiger partial charge in [0.15, 0.2) is 5.78 Å². The van der Waals surface area contributed by atoms with Crippen molar-refractivity contribution in [2.45, 2.75) is 6.54 Å². The average molecular weight is 402 g/mol. The van der Waals surface area contributed by atoms with Crippen molar-refractivity contribution in [2.75, 3.05) is 7.11 Å². The van der Waals surface area contributed by atoms with Gasteiger partial charge in [0.25, 0.3) is 5.56 Å². The maximum atomic E-state index is 12.2. The van der Waals surface area contributed by atoms with Crippen molar-refractivity contribution in [2.24, 2.45) is 0 Å². The number of Topliss-reactive ketones (excluding diaryl/α,β-unsaturated/α-hetero) is 1. The van der Waals surface area contributed by atoms with Crippen molar-refractivity contribution in [3.63, 3.8) is 0 Å². The number of halogens is 2. The number of nitrogens with zero attached hydrogens (tertiary/aromatic N) is 2. The highest BCUT2D eigenvalue weighted by atomic mass is 79.9. The molecule has 20 heavy (non-hydrogen) atoms. The van der Waals surface area contributed by atoms with Crippen molar-refractivity contribution >= 4 is 37.6 Å². The Kier molecular flexibility index (Phi) is 4.72. The van der Waals surface area contributed by atoms with E-state index in [1.165, 1.54) is 17.1 Å². The van der Waals surface area contributed by atoms with Crippen LogP contribution in [0.15, 0.2) is 44.5 Å². The van der Waals surface area contributed by atoms with Gasteiger partial charge in [-0.25, -0.2) is 4.98 Å². The van der Waals surface area contributed by atoms with Gasteiger partial charge in [-0.1, -0.05) is 0 Å². The molecule has 5 nitrogen and oxygen atoms in total. The molecule has 0 spiro atoms. The molecule has 1 heterocycles. The lowest BCUT2D eigenvalue weighted by Crippen LogP contribution is -2.24. The third-order valence-electron chi connectivity index (χ3n) is 2.65. The minimum atomic E-state index is -0.291. The molecule has 1 aromatic heterocycles. The van der Waals surface area contributed by atoms with E-state index in [9.17, 15) is 9.59 Å². The highest BCUT2D eigenvalue weighted by molar-refractivity contribution is 9.10. The molecule has 0 unspecified atom stereocenters. The molecule has 0 N–H and O–H groups in total. The molecular weight excluding hydrogens is 392 g/mol. The van der Waals surface area contributed by atoms with Crippen LogP contribution in [0, 0.1) is 0 Å². The average Bonchev–Trinajstić information content (AvgIpc) is 2.43. The summed E-state index contributed by atoms with van der Waals surface area (Å²) >= 11 is 6.41. The van der Waals surface area contributed by atoms with Crippen LogP contribution in [0.25, 0.3) is 0 Å². The monoisotopic (exact) mass is 400 g/mol. The first-order valence-corrected chi connectivity index (χ1v) is 7.18. The molecule has 0 radical (unpaired) electrons. The number of rotatable bonds is 4. The van der Waals surface area contributed by atoms with Crippen molar-refractivity contribution in [1.82, 2.24) is 9.55 Å². The van der Waals surface area contributed by atoms with Gasteiger partial charge < -0.3 is 4.74 Å². The third kappa shape index (κ3) is 3.16. The molecule has 1 aromatic carbocycles. The molecule has 2 aromatic rings. The van der Waals surface area contributed by atoms with Crippen LogP contribution in [-0.2, 0) is 6.54 Å². The lowest BCUT2D eigenvalue weighted by molar-refractivity contribution is 0.0970. The predicted octanol–water partition coefficient (Wildman–Crippen LogP) is 2.66. The van der Waals surface area contributed by atoms with E-state index in [1.807, 2.05) is 0 Å². The summed E-state index contributed by atoms with van der Waals surface area (Å²) in [5, 5.41) is 0. The fraction of sp³-hybridized carbons (Fsp3) is 0.154. The number of ketones is 1. The molecular formula is C13H10Br2N2O3. The topological polar surface area (TPSA) is 61.2 Å². The van der Waals surface area contributed by atoms with Crippen LogP contribution >= 0.6 is 31.9 Å². The van der Waals surface area contributed by atoms with Crippen LogP contribution in [-0.4, -0.2) is 22.4 Å². The van der Waals surface area contributed by atoms with E-state index in [4.69, 9.17) is 4.74 Å².